The van der Waals surface area contributed by atoms with Crippen molar-refractivity contribution in [2.45, 2.75) is 65.5 Å². The fourth-order valence-electron chi connectivity index (χ4n) is 3.45. The summed E-state index contributed by atoms with van der Waals surface area (Å²) < 4.78 is 0. The first-order valence-corrected chi connectivity index (χ1v) is 10.4. The first-order valence-electron chi connectivity index (χ1n) is 10.4. The number of carbonyl (C=O) groups excluding carboxylic acids is 2. The zero-order valence-electron chi connectivity index (χ0n) is 18.4. The van der Waals surface area contributed by atoms with Crippen molar-refractivity contribution < 1.29 is 9.59 Å². The van der Waals surface area contributed by atoms with Crippen LogP contribution in [0.1, 0.15) is 50.8 Å². The molecule has 0 heterocycles. The molecule has 4 nitrogen and oxygen atoms in total. The highest BCUT2D eigenvalue weighted by atomic mass is 16.2. The summed E-state index contributed by atoms with van der Waals surface area (Å²) in [5.74, 6) is -0.104. The Morgan fingerprint density at radius 3 is 2.24 bits per heavy atom. The third-order valence-corrected chi connectivity index (χ3v) is 4.81. The van der Waals surface area contributed by atoms with Gasteiger partial charge in [-0.1, -0.05) is 67.1 Å². The summed E-state index contributed by atoms with van der Waals surface area (Å²) in [6, 6.07) is 17.6. The van der Waals surface area contributed by atoms with Gasteiger partial charge in [0.1, 0.15) is 6.04 Å². The fourth-order valence-corrected chi connectivity index (χ4v) is 3.45. The van der Waals surface area contributed by atoms with Crippen LogP contribution in [0, 0.1) is 6.92 Å². The van der Waals surface area contributed by atoms with Gasteiger partial charge in [0.2, 0.25) is 11.8 Å². The molecule has 156 valence electrons. The van der Waals surface area contributed by atoms with Crippen LogP contribution < -0.4 is 5.32 Å². The maximum atomic E-state index is 13.3. The Kier molecular flexibility index (Phi) is 8.00. The number of nitrogens with one attached hydrogen (secondary N) is 1. The Balaban J connectivity index is 2.22. The zero-order chi connectivity index (χ0) is 21.4. The minimum Gasteiger partial charge on any atom is -0.350 e. The smallest absolute Gasteiger partial charge is 0.243 e. The molecule has 2 aromatic carbocycles. The lowest BCUT2D eigenvalue weighted by molar-refractivity contribution is -0.140. The van der Waals surface area contributed by atoms with E-state index in [9.17, 15) is 9.59 Å². The van der Waals surface area contributed by atoms with E-state index in [-0.39, 0.29) is 17.4 Å². The molecule has 29 heavy (non-hydrogen) atoms. The van der Waals surface area contributed by atoms with Gasteiger partial charge in [-0.25, -0.2) is 0 Å². The van der Waals surface area contributed by atoms with Gasteiger partial charge in [-0.3, -0.25) is 9.59 Å². The van der Waals surface area contributed by atoms with E-state index in [1.165, 1.54) is 0 Å². The molecule has 0 radical (unpaired) electrons. The molecular weight excluding hydrogens is 360 g/mol. The highest BCUT2D eigenvalue weighted by Gasteiger charge is 2.30. The molecule has 2 rings (SSSR count). The van der Waals surface area contributed by atoms with Crippen molar-refractivity contribution in [1.82, 2.24) is 10.2 Å². The predicted octanol–water partition coefficient (Wildman–Crippen LogP) is 4.30. The molecule has 0 saturated heterocycles. The molecule has 1 atom stereocenters. The van der Waals surface area contributed by atoms with Gasteiger partial charge in [-0.05, 0) is 51.7 Å². The molecule has 4 heteroatoms. The molecule has 0 bridgehead atoms. The number of hydrogen-bond donors (Lipinski definition) is 1. The van der Waals surface area contributed by atoms with E-state index in [0.29, 0.717) is 19.4 Å². The summed E-state index contributed by atoms with van der Waals surface area (Å²) >= 11 is 0. The summed E-state index contributed by atoms with van der Waals surface area (Å²) in [5, 5.41) is 3.04. The van der Waals surface area contributed by atoms with Crippen LogP contribution in [0.3, 0.4) is 0 Å². The normalized spacial score (nSPS) is 12.3. The minimum atomic E-state index is -0.477. The Morgan fingerprint density at radius 2 is 1.66 bits per heavy atom. The second kappa shape index (κ2) is 10.2. The van der Waals surface area contributed by atoms with Gasteiger partial charge in [0.15, 0.2) is 0 Å². The highest BCUT2D eigenvalue weighted by Crippen LogP contribution is 2.14. The predicted molar refractivity (Wildman–Crippen MR) is 119 cm³/mol. The maximum absolute atomic E-state index is 13.3. The molecule has 1 N–H and O–H groups in total. The van der Waals surface area contributed by atoms with Crippen LogP contribution in [0.15, 0.2) is 54.6 Å². The lowest BCUT2D eigenvalue weighted by atomic mass is 10.0. The number of rotatable bonds is 8. The Hall–Kier alpha value is -2.62. The van der Waals surface area contributed by atoms with Gasteiger partial charge in [-0.2, -0.15) is 0 Å². The molecule has 0 fully saturated rings. The lowest BCUT2D eigenvalue weighted by Crippen LogP contribution is -2.54. The van der Waals surface area contributed by atoms with Crippen molar-refractivity contribution in [1.29, 1.82) is 0 Å². The van der Waals surface area contributed by atoms with Gasteiger partial charge >= 0.3 is 0 Å². The first kappa shape index (κ1) is 22.7. The van der Waals surface area contributed by atoms with Gasteiger partial charge in [0, 0.05) is 12.1 Å². The number of amides is 2. The fraction of sp³-hybridized carbons (Fsp3) is 0.440. The molecule has 0 aromatic heterocycles. The van der Waals surface area contributed by atoms with Gasteiger partial charge in [0.25, 0.3) is 0 Å². The molecule has 0 aliphatic rings. The summed E-state index contributed by atoms with van der Waals surface area (Å²) in [6.07, 6.45) is 1.60. The number of benzene rings is 2. The number of nitrogens with zero attached hydrogens (tertiary/aromatic N) is 1. The zero-order valence-corrected chi connectivity index (χ0v) is 18.4. The third kappa shape index (κ3) is 7.37. The van der Waals surface area contributed by atoms with E-state index in [1.54, 1.807) is 4.90 Å². The van der Waals surface area contributed by atoms with Crippen LogP contribution in [-0.4, -0.2) is 34.8 Å². The van der Waals surface area contributed by atoms with Gasteiger partial charge in [-0.15, -0.1) is 0 Å². The van der Waals surface area contributed by atoms with Gasteiger partial charge in [0.05, 0.1) is 6.42 Å². The molecule has 1 unspecified atom stereocenters. The quantitative estimate of drug-likeness (QED) is 0.726. The van der Waals surface area contributed by atoms with E-state index >= 15 is 0 Å². The van der Waals surface area contributed by atoms with Crippen molar-refractivity contribution in [2.75, 3.05) is 6.54 Å². The van der Waals surface area contributed by atoms with Crippen LogP contribution in [0.2, 0.25) is 0 Å². The second-order valence-corrected chi connectivity index (χ2v) is 8.65. The van der Waals surface area contributed by atoms with Crippen molar-refractivity contribution in [3.63, 3.8) is 0 Å². The Bertz CT molecular complexity index is 809. The van der Waals surface area contributed by atoms with Gasteiger partial charge < -0.3 is 10.2 Å². The van der Waals surface area contributed by atoms with Crippen LogP contribution in [-0.2, 0) is 22.4 Å². The average Bonchev–Trinajstić information content (AvgIpc) is 2.64. The van der Waals surface area contributed by atoms with Crippen LogP contribution >= 0.6 is 0 Å². The third-order valence-electron chi connectivity index (χ3n) is 4.81. The minimum absolute atomic E-state index is 0.0116. The van der Waals surface area contributed by atoms with Crippen LogP contribution in [0.4, 0.5) is 0 Å². The molecule has 2 aromatic rings. The van der Waals surface area contributed by atoms with Crippen molar-refractivity contribution in [2.24, 2.45) is 0 Å². The molecule has 2 amide bonds. The monoisotopic (exact) mass is 394 g/mol. The van der Waals surface area contributed by atoms with E-state index in [4.69, 9.17) is 0 Å². The molecular formula is C25H34N2O2. The van der Waals surface area contributed by atoms with E-state index < -0.39 is 6.04 Å². The van der Waals surface area contributed by atoms with Crippen molar-refractivity contribution >= 4 is 11.8 Å². The SMILES string of the molecule is CCC(C(=O)NC(C)(C)C)N(CCc1ccccc1)C(=O)Cc1cccc(C)c1. The second-order valence-electron chi connectivity index (χ2n) is 8.65. The Morgan fingerprint density at radius 1 is 1.00 bits per heavy atom. The molecule has 0 saturated carbocycles. The van der Waals surface area contributed by atoms with Crippen LogP contribution in [0.25, 0.3) is 0 Å². The highest BCUT2D eigenvalue weighted by molar-refractivity contribution is 5.88. The Labute approximate surface area is 175 Å². The number of hydrogen-bond acceptors (Lipinski definition) is 2. The van der Waals surface area contributed by atoms with Crippen molar-refractivity contribution in [3.8, 4) is 0 Å². The number of aryl methyl sites for hydroxylation is 1. The molecule has 0 aliphatic heterocycles. The molecule has 0 aliphatic carbocycles. The van der Waals surface area contributed by atoms with E-state index in [2.05, 4.69) is 17.4 Å². The van der Waals surface area contributed by atoms with Crippen molar-refractivity contribution in [3.05, 3.63) is 71.3 Å². The number of carbonyl (C=O) groups is 2. The topological polar surface area (TPSA) is 49.4 Å². The first-order chi connectivity index (χ1) is 13.7. The van der Waals surface area contributed by atoms with E-state index in [1.807, 2.05) is 77.1 Å². The summed E-state index contributed by atoms with van der Waals surface area (Å²) in [6.45, 7) is 10.4. The standard InChI is InChI=1S/C25H34N2O2/c1-6-22(24(29)26-25(3,4)5)27(16-15-20-12-8-7-9-13-20)23(28)18-21-14-10-11-19(2)17-21/h7-14,17,22H,6,15-16,18H2,1-5H3,(H,26,29). The summed E-state index contributed by atoms with van der Waals surface area (Å²) in [7, 11) is 0. The maximum Gasteiger partial charge on any atom is 0.243 e. The van der Waals surface area contributed by atoms with E-state index in [0.717, 1.165) is 23.1 Å². The summed E-state index contributed by atoms with van der Waals surface area (Å²) in [5.41, 5.74) is 2.93. The lowest BCUT2D eigenvalue weighted by Gasteiger charge is -2.33. The molecule has 0 spiro atoms. The van der Waals surface area contributed by atoms with Crippen LogP contribution in [0.5, 0.6) is 0 Å². The average molecular weight is 395 g/mol. The largest absolute Gasteiger partial charge is 0.350 e. The summed E-state index contributed by atoms with van der Waals surface area (Å²) in [4.78, 5) is 28.0.